The Bertz CT molecular complexity index is 337. The number of likely N-dealkylation sites (tertiary alicyclic amines) is 1. The second-order valence-corrected chi connectivity index (χ2v) is 4.64. The van der Waals surface area contributed by atoms with E-state index < -0.39 is 24.7 Å². The van der Waals surface area contributed by atoms with Crippen LogP contribution in [-0.4, -0.2) is 36.1 Å². The maximum absolute atomic E-state index is 12.0. The van der Waals surface area contributed by atoms with E-state index in [0.29, 0.717) is 4.90 Å². The van der Waals surface area contributed by atoms with Crippen LogP contribution < -0.4 is 5.73 Å². The summed E-state index contributed by atoms with van der Waals surface area (Å²) in [6.07, 6.45) is -0.942. The highest BCUT2D eigenvalue weighted by Gasteiger charge is 2.25. The number of rotatable bonds is 1. The van der Waals surface area contributed by atoms with Crippen LogP contribution in [0.3, 0.4) is 0 Å². The third-order valence-corrected chi connectivity index (χ3v) is 1.99. The molecule has 0 spiro atoms. The fourth-order valence-corrected chi connectivity index (χ4v) is 1.17. The third kappa shape index (κ3) is 4.08. The molecule has 1 saturated heterocycles. The number of carbonyl (C=O) groups excluding carboxylic acids is 1. The first-order chi connectivity index (χ1) is 8.39. The number of hydrogen-bond acceptors (Lipinski definition) is 3. The lowest BCUT2D eigenvalue weighted by Gasteiger charge is -2.32. The highest BCUT2D eigenvalue weighted by atomic mass is 16.6. The lowest BCUT2D eigenvalue weighted by Crippen LogP contribution is -2.42. The summed E-state index contributed by atoms with van der Waals surface area (Å²) in [5, 5.41) is 0. The highest BCUT2D eigenvalue weighted by molar-refractivity contribution is 5.68. The van der Waals surface area contributed by atoms with Gasteiger partial charge in [-0.1, -0.05) is 0 Å². The third-order valence-electron chi connectivity index (χ3n) is 1.99. The van der Waals surface area contributed by atoms with Crippen molar-refractivity contribution in [3.05, 3.63) is 0 Å². The van der Waals surface area contributed by atoms with Crippen LogP contribution in [0.5, 0.6) is 0 Å². The van der Waals surface area contributed by atoms with Gasteiger partial charge in [0.05, 0.1) is 0 Å². The van der Waals surface area contributed by atoms with Crippen LogP contribution in [-0.2, 0) is 4.74 Å². The van der Waals surface area contributed by atoms with Crippen LogP contribution in [0.15, 0.2) is 0 Å². The molecule has 0 atom stereocenters. The van der Waals surface area contributed by atoms with Crippen LogP contribution >= 0.6 is 0 Å². The molecule has 1 amide bonds. The molecule has 88 valence electrons. The van der Waals surface area contributed by atoms with Crippen LogP contribution in [0.1, 0.15) is 39.1 Å². The smallest absolute Gasteiger partial charge is 0.410 e. The van der Waals surface area contributed by atoms with E-state index in [0.717, 1.165) is 0 Å². The summed E-state index contributed by atoms with van der Waals surface area (Å²) < 4.78 is 36.7. The minimum Gasteiger partial charge on any atom is -0.444 e. The molecule has 0 radical (unpaired) electrons. The van der Waals surface area contributed by atoms with Crippen molar-refractivity contribution in [1.29, 1.82) is 0 Å². The first-order valence-corrected chi connectivity index (χ1v) is 5.12. The predicted molar refractivity (Wildman–Crippen MR) is 59.6 cm³/mol. The number of piperidine rings is 1. The predicted octanol–water partition coefficient (Wildman–Crippen LogP) is 1.59. The second-order valence-electron chi connectivity index (χ2n) is 4.64. The molecule has 0 aliphatic carbocycles. The van der Waals surface area contributed by atoms with Crippen molar-refractivity contribution in [1.82, 2.24) is 4.90 Å². The summed E-state index contributed by atoms with van der Waals surface area (Å²) in [7, 11) is 0. The number of amides is 1. The van der Waals surface area contributed by atoms with Gasteiger partial charge in [0, 0.05) is 18.5 Å². The van der Waals surface area contributed by atoms with Gasteiger partial charge in [-0.05, 0) is 46.1 Å². The Labute approximate surface area is 97.4 Å². The van der Waals surface area contributed by atoms with E-state index >= 15 is 0 Å². The molecular formula is C11H22N2O2. The molecule has 1 aliphatic heterocycles. The summed E-state index contributed by atoms with van der Waals surface area (Å²) in [5.74, 6) is -0.288. The molecule has 0 aromatic rings. The topological polar surface area (TPSA) is 55.6 Å². The minimum absolute atomic E-state index is 0.0161. The van der Waals surface area contributed by atoms with Gasteiger partial charge in [0.1, 0.15) is 5.60 Å². The molecule has 0 unspecified atom stereocenters. The molecule has 0 bridgehead atoms. The van der Waals surface area contributed by atoms with Gasteiger partial charge in [-0.2, -0.15) is 0 Å². The number of nitrogens with two attached hydrogens (primary N) is 1. The van der Waals surface area contributed by atoms with Crippen LogP contribution in [0.25, 0.3) is 0 Å². The van der Waals surface area contributed by atoms with E-state index in [9.17, 15) is 4.79 Å². The molecule has 1 aliphatic rings. The van der Waals surface area contributed by atoms with Gasteiger partial charge in [0.2, 0.25) is 0 Å². The molecule has 2 N–H and O–H groups in total. The van der Waals surface area contributed by atoms with E-state index in [4.69, 9.17) is 16.0 Å². The van der Waals surface area contributed by atoms with E-state index in [1.807, 2.05) is 0 Å². The van der Waals surface area contributed by atoms with Crippen LogP contribution in [0.2, 0.25) is 0 Å². The van der Waals surface area contributed by atoms with Crippen LogP contribution in [0, 0.1) is 5.92 Å². The number of carbonyl (C=O) groups is 1. The summed E-state index contributed by atoms with van der Waals surface area (Å²) in [5.41, 5.74) is 4.70. The zero-order valence-electron chi connectivity index (χ0n) is 13.5. The number of hydrogen-bond donors (Lipinski definition) is 1. The Kier molecular flexibility index (Phi) is 2.42. The molecule has 15 heavy (non-hydrogen) atoms. The van der Waals surface area contributed by atoms with Crippen molar-refractivity contribution < 1.29 is 15.0 Å². The van der Waals surface area contributed by atoms with Gasteiger partial charge >= 0.3 is 6.09 Å². The number of nitrogens with zero attached hydrogens (tertiary/aromatic N) is 1. The standard InChI is InChI=1S/C11H22N2O2/c1-11(2,3)15-10(14)13-6-4-9(8-12)5-7-13/h9H,4-8,12H2,1-3H3/i6D2,7D2. The normalized spacial score (nSPS) is 29.7. The average Bonchev–Trinajstić information content (AvgIpc) is 2.09. The zero-order chi connectivity index (χ0) is 15.1. The molecule has 0 aromatic heterocycles. The highest BCUT2D eigenvalue weighted by Crippen LogP contribution is 2.18. The lowest BCUT2D eigenvalue weighted by atomic mass is 9.97. The number of ether oxygens (including phenoxy) is 1. The molecule has 0 saturated carbocycles. The van der Waals surface area contributed by atoms with E-state index in [1.54, 1.807) is 20.8 Å². The van der Waals surface area contributed by atoms with Gasteiger partial charge < -0.3 is 15.4 Å². The lowest BCUT2D eigenvalue weighted by molar-refractivity contribution is 0.0187. The van der Waals surface area contributed by atoms with Gasteiger partial charge in [0.25, 0.3) is 0 Å². The first-order valence-electron chi connectivity index (χ1n) is 7.12. The van der Waals surface area contributed by atoms with Crippen molar-refractivity contribution in [2.45, 2.75) is 39.2 Å². The Balaban J connectivity index is 3.00. The van der Waals surface area contributed by atoms with Gasteiger partial charge in [-0.15, -0.1) is 0 Å². The van der Waals surface area contributed by atoms with Crippen molar-refractivity contribution in [2.75, 3.05) is 19.5 Å². The largest absolute Gasteiger partial charge is 0.444 e. The molecule has 4 nitrogen and oxygen atoms in total. The Morgan fingerprint density at radius 2 is 2.07 bits per heavy atom. The first kappa shape index (κ1) is 7.49. The summed E-state index contributed by atoms with van der Waals surface area (Å²) in [6, 6.07) is 0. The summed E-state index contributed by atoms with van der Waals surface area (Å²) in [6.45, 7) is 0.956. The van der Waals surface area contributed by atoms with Gasteiger partial charge in [-0.3, -0.25) is 0 Å². The van der Waals surface area contributed by atoms with E-state index in [-0.39, 0.29) is 25.3 Å². The second kappa shape index (κ2) is 4.84. The van der Waals surface area contributed by atoms with Crippen molar-refractivity contribution in [2.24, 2.45) is 11.7 Å². The summed E-state index contributed by atoms with van der Waals surface area (Å²) in [4.78, 5) is 12.6. The van der Waals surface area contributed by atoms with Crippen molar-refractivity contribution in [3.8, 4) is 0 Å². The quantitative estimate of drug-likeness (QED) is 0.727. The fourth-order valence-electron chi connectivity index (χ4n) is 1.17. The van der Waals surface area contributed by atoms with Gasteiger partial charge in [0.15, 0.2) is 0 Å². The fraction of sp³-hybridized carbons (Fsp3) is 0.909. The Morgan fingerprint density at radius 1 is 1.53 bits per heavy atom. The van der Waals surface area contributed by atoms with E-state index in [2.05, 4.69) is 0 Å². The maximum atomic E-state index is 12.0. The Morgan fingerprint density at radius 3 is 2.47 bits per heavy atom. The van der Waals surface area contributed by atoms with Crippen molar-refractivity contribution >= 4 is 6.09 Å². The maximum Gasteiger partial charge on any atom is 0.410 e. The Hall–Kier alpha value is -0.770. The molecule has 1 fully saturated rings. The van der Waals surface area contributed by atoms with E-state index in [1.165, 1.54) is 0 Å². The average molecular weight is 218 g/mol. The van der Waals surface area contributed by atoms with Gasteiger partial charge in [-0.25, -0.2) is 4.79 Å². The summed E-state index contributed by atoms with van der Waals surface area (Å²) >= 11 is 0. The SMILES string of the molecule is [2H]C1([2H])CC(CN)CC([2H])([2H])N1C(=O)OC(C)(C)C. The minimum atomic E-state index is -2.10. The molecule has 1 heterocycles. The molecule has 4 heteroatoms. The monoisotopic (exact) mass is 218 g/mol. The zero-order valence-corrected chi connectivity index (χ0v) is 9.54. The molecule has 0 aromatic carbocycles. The van der Waals surface area contributed by atoms with Crippen LogP contribution in [0.4, 0.5) is 4.79 Å². The van der Waals surface area contributed by atoms with Crippen molar-refractivity contribution in [3.63, 3.8) is 0 Å². The molecule has 1 rings (SSSR count). The molecular weight excluding hydrogens is 192 g/mol.